The van der Waals surface area contributed by atoms with E-state index in [1.165, 1.54) is 0 Å². The third kappa shape index (κ3) is 6.05. The summed E-state index contributed by atoms with van der Waals surface area (Å²) >= 11 is 0.825. The zero-order chi connectivity index (χ0) is 21.8. The van der Waals surface area contributed by atoms with Gasteiger partial charge in [0.2, 0.25) is 15.4 Å². The number of sulfonamides is 1. The molecule has 0 aliphatic carbocycles. The molecule has 1 aromatic heterocycles. The number of carbonyl (C=O) groups is 1. The van der Waals surface area contributed by atoms with E-state index in [9.17, 15) is 13.2 Å². The largest absolute Gasteiger partial charge is 0.379 e. The smallest absolute Gasteiger partial charge is 0.270 e. The second-order valence-electron chi connectivity index (χ2n) is 8.06. The average molecular weight is 454 g/mol. The molecule has 9 nitrogen and oxygen atoms in total. The standard InChI is InChI=1S/C19H27N5O4S2/c1-19(2,3)16(25)21-17-22-23-18(29-17)30(26,27)20-12-14-6-4-5-7-15(14)13-24-8-10-28-11-9-24/h4-7,20H,8-13H2,1-3H3,(H,21,22,25). The van der Waals surface area contributed by atoms with E-state index in [4.69, 9.17) is 4.74 Å². The van der Waals surface area contributed by atoms with Gasteiger partial charge >= 0.3 is 0 Å². The fourth-order valence-electron chi connectivity index (χ4n) is 2.77. The van der Waals surface area contributed by atoms with Gasteiger partial charge in [-0.2, -0.15) is 0 Å². The molecular formula is C19H27N5O4S2. The highest BCUT2D eigenvalue weighted by molar-refractivity contribution is 7.91. The van der Waals surface area contributed by atoms with Crippen LogP contribution in [-0.2, 0) is 32.6 Å². The Morgan fingerprint density at radius 3 is 2.50 bits per heavy atom. The predicted molar refractivity (Wildman–Crippen MR) is 115 cm³/mol. The zero-order valence-corrected chi connectivity index (χ0v) is 19.0. The second kappa shape index (κ2) is 9.48. The molecule has 2 N–H and O–H groups in total. The average Bonchev–Trinajstić information content (AvgIpc) is 3.17. The summed E-state index contributed by atoms with van der Waals surface area (Å²) in [5, 5.41) is 10.3. The lowest BCUT2D eigenvalue weighted by molar-refractivity contribution is -0.123. The molecule has 0 radical (unpaired) electrons. The van der Waals surface area contributed by atoms with Crippen LogP contribution in [0.1, 0.15) is 31.9 Å². The van der Waals surface area contributed by atoms with Gasteiger partial charge in [0.15, 0.2) is 0 Å². The maximum Gasteiger partial charge on any atom is 0.270 e. The van der Waals surface area contributed by atoms with Crippen LogP contribution in [0.2, 0.25) is 0 Å². The first-order valence-electron chi connectivity index (χ1n) is 9.67. The number of hydrogen-bond acceptors (Lipinski definition) is 8. The van der Waals surface area contributed by atoms with Crippen LogP contribution < -0.4 is 10.0 Å². The Hall–Kier alpha value is -1.92. The first kappa shape index (κ1) is 22.8. The number of amides is 1. The van der Waals surface area contributed by atoms with Crippen molar-refractivity contribution in [2.24, 2.45) is 5.41 Å². The predicted octanol–water partition coefficient (Wildman–Crippen LogP) is 1.83. The van der Waals surface area contributed by atoms with E-state index in [-0.39, 0.29) is 21.9 Å². The molecule has 2 heterocycles. The van der Waals surface area contributed by atoms with Crippen molar-refractivity contribution in [1.29, 1.82) is 0 Å². The Balaban J connectivity index is 1.65. The van der Waals surface area contributed by atoms with Crippen LogP contribution in [0, 0.1) is 5.41 Å². The number of rotatable bonds is 7. The Labute approximate surface area is 180 Å². The van der Waals surface area contributed by atoms with E-state index in [0.29, 0.717) is 13.2 Å². The van der Waals surface area contributed by atoms with E-state index in [1.807, 2.05) is 24.3 Å². The van der Waals surface area contributed by atoms with Gasteiger partial charge in [-0.1, -0.05) is 56.4 Å². The fraction of sp³-hybridized carbons (Fsp3) is 0.526. The van der Waals surface area contributed by atoms with Gasteiger partial charge in [0.25, 0.3) is 10.0 Å². The van der Waals surface area contributed by atoms with E-state index < -0.39 is 15.4 Å². The third-order valence-electron chi connectivity index (χ3n) is 4.61. The maximum absolute atomic E-state index is 12.7. The molecule has 1 aromatic carbocycles. The van der Waals surface area contributed by atoms with Crippen molar-refractivity contribution in [2.45, 2.75) is 38.2 Å². The quantitative estimate of drug-likeness (QED) is 0.615. The minimum Gasteiger partial charge on any atom is -0.379 e. The minimum atomic E-state index is -3.85. The molecule has 2 aromatic rings. The van der Waals surface area contributed by atoms with Crippen LogP contribution in [-0.4, -0.2) is 55.7 Å². The van der Waals surface area contributed by atoms with Gasteiger partial charge in [0.05, 0.1) is 13.2 Å². The summed E-state index contributed by atoms with van der Waals surface area (Å²) < 4.78 is 33.1. The molecule has 0 spiro atoms. The lowest BCUT2D eigenvalue weighted by atomic mass is 9.96. The van der Waals surface area contributed by atoms with Crippen LogP contribution in [0.4, 0.5) is 5.13 Å². The second-order valence-corrected chi connectivity index (χ2v) is 11.0. The Morgan fingerprint density at radius 1 is 1.17 bits per heavy atom. The molecule has 3 rings (SSSR count). The molecule has 164 valence electrons. The molecule has 0 unspecified atom stereocenters. The van der Waals surface area contributed by atoms with Crippen molar-refractivity contribution >= 4 is 32.4 Å². The molecule has 1 aliphatic rings. The van der Waals surface area contributed by atoms with Crippen LogP contribution in [0.25, 0.3) is 0 Å². The Bertz CT molecular complexity index is 979. The molecule has 0 atom stereocenters. The summed E-state index contributed by atoms with van der Waals surface area (Å²) in [6.45, 7) is 9.29. The van der Waals surface area contributed by atoms with E-state index in [0.717, 1.165) is 42.1 Å². The summed E-state index contributed by atoms with van der Waals surface area (Å²) in [6, 6.07) is 7.75. The van der Waals surface area contributed by atoms with Crippen molar-refractivity contribution in [3.63, 3.8) is 0 Å². The number of aromatic nitrogens is 2. The number of benzene rings is 1. The van der Waals surface area contributed by atoms with Crippen LogP contribution in [0.15, 0.2) is 28.6 Å². The summed E-state index contributed by atoms with van der Waals surface area (Å²) in [7, 11) is -3.85. The topological polar surface area (TPSA) is 114 Å². The molecule has 0 bridgehead atoms. The summed E-state index contributed by atoms with van der Waals surface area (Å²) in [4.78, 5) is 14.3. The SMILES string of the molecule is CC(C)(C)C(=O)Nc1nnc(S(=O)(=O)NCc2ccccc2CN2CCOCC2)s1. The van der Waals surface area contributed by atoms with Crippen molar-refractivity contribution < 1.29 is 17.9 Å². The first-order valence-corrected chi connectivity index (χ1v) is 12.0. The maximum atomic E-state index is 12.7. The van der Waals surface area contributed by atoms with Gasteiger partial charge in [-0.25, -0.2) is 13.1 Å². The van der Waals surface area contributed by atoms with Gasteiger partial charge in [-0.15, -0.1) is 10.2 Å². The molecule has 0 saturated carbocycles. The van der Waals surface area contributed by atoms with Crippen LogP contribution in [0.3, 0.4) is 0 Å². The van der Waals surface area contributed by atoms with Gasteiger partial charge in [-0.05, 0) is 11.1 Å². The lowest BCUT2D eigenvalue weighted by Gasteiger charge is -2.27. The van der Waals surface area contributed by atoms with Gasteiger partial charge in [0, 0.05) is 31.6 Å². The van der Waals surface area contributed by atoms with Crippen molar-refractivity contribution in [3.8, 4) is 0 Å². The van der Waals surface area contributed by atoms with Gasteiger partial charge in [0.1, 0.15) is 0 Å². The highest BCUT2D eigenvalue weighted by Crippen LogP contribution is 2.23. The van der Waals surface area contributed by atoms with Crippen LogP contribution in [0.5, 0.6) is 0 Å². The molecule has 1 fully saturated rings. The number of morpholine rings is 1. The highest BCUT2D eigenvalue weighted by Gasteiger charge is 2.25. The van der Waals surface area contributed by atoms with Gasteiger partial charge < -0.3 is 10.1 Å². The Kier molecular flexibility index (Phi) is 7.19. The highest BCUT2D eigenvalue weighted by atomic mass is 32.2. The summed E-state index contributed by atoms with van der Waals surface area (Å²) in [6.07, 6.45) is 0. The van der Waals surface area contributed by atoms with Crippen molar-refractivity contribution in [2.75, 3.05) is 31.6 Å². The van der Waals surface area contributed by atoms with Crippen LogP contribution >= 0.6 is 11.3 Å². The zero-order valence-electron chi connectivity index (χ0n) is 17.3. The molecular weight excluding hydrogens is 426 g/mol. The van der Waals surface area contributed by atoms with E-state index in [1.54, 1.807) is 20.8 Å². The molecule has 1 saturated heterocycles. The number of ether oxygens (including phenoxy) is 1. The van der Waals surface area contributed by atoms with Crippen molar-refractivity contribution in [1.82, 2.24) is 19.8 Å². The molecule has 1 aliphatic heterocycles. The third-order valence-corrected chi connectivity index (χ3v) is 7.21. The number of hydrogen-bond donors (Lipinski definition) is 2. The van der Waals surface area contributed by atoms with Crippen molar-refractivity contribution in [3.05, 3.63) is 35.4 Å². The first-order chi connectivity index (χ1) is 14.1. The lowest BCUT2D eigenvalue weighted by Crippen LogP contribution is -2.36. The van der Waals surface area contributed by atoms with Gasteiger partial charge in [-0.3, -0.25) is 9.69 Å². The monoisotopic (exact) mass is 453 g/mol. The normalized spacial score (nSPS) is 15.8. The minimum absolute atomic E-state index is 0.145. The number of nitrogens with one attached hydrogen (secondary N) is 2. The number of carbonyl (C=O) groups excluding carboxylic acids is 1. The summed E-state index contributed by atoms with van der Waals surface area (Å²) in [5.41, 5.74) is 1.35. The summed E-state index contributed by atoms with van der Waals surface area (Å²) in [5.74, 6) is -0.257. The van der Waals surface area contributed by atoms with E-state index in [2.05, 4.69) is 25.1 Å². The Morgan fingerprint density at radius 2 is 1.83 bits per heavy atom. The molecule has 1 amide bonds. The fourth-order valence-corrected chi connectivity index (χ4v) is 4.71. The number of anilines is 1. The number of nitrogens with zero attached hydrogens (tertiary/aromatic N) is 3. The molecule has 30 heavy (non-hydrogen) atoms. The van der Waals surface area contributed by atoms with E-state index >= 15 is 0 Å². The molecule has 11 heteroatoms.